The summed E-state index contributed by atoms with van der Waals surface area (Å²) in [5.74, 6) is 0.269. The van der Waals surface area contributed by atoms with Crippen molar-refractivity contribution in [2.24, 2.45) is 5.92 Å². The van der Waals surface area contributed by atoms with Crippen LogP contribution in [0.5, 0.6) is 5.75 Å². The molecule has 1 aliphatic carbocycles. The highest BCUT2D eigenvalue weighted by atomic mass is 19.1. The monoisotopic (exact) mass is 362 g/mol. The molecule has 1 aromatic carbocycles. The van der Waals surface area contributed by atoms with Crippen molar-refractivity contribution in [3.05, 3.63) is 30.1 Å². The van der Waals surface area contributed by atoms with E-state index in [0.29, 0.717) is 37.9 Å². The van der Waals surface area contributed by atoms with Crippen molar-refractivity contribution < 1.29 is 18.7 Å². The predicted octanol–water partition coefficient (Wildman–Crippen LogP) is 2.89. The van der Waals surface area contributed by atoms with Crippen LogP contribution in [0.25, 0.3) is 0 Å². The van der Waals surface area contributed by atoms with Crippen molar-refractivity contribution >= 4 is 11.8 Å². The number of amides is 2. The summed E-state index contributed by atoms with van der Waals surface area (Å²) in [5.41, 5.74) is 0. The second-order valence-corrected chi connectivity index (χ2v) is 7.19. The number of carbonyl (C=O) groups excluding carboxylic acids is 2. The smallest absolute Gasteiger partial charge is 0.225 e. The van der Waals surface area contributed by atoms with E-state index in [-0.39, 0.29) is 23.5 Å². The lowest BCUT2D eigenvalue weighted by Crippen LogP contribution is -2.37. The fourth-order valence-electron chi connectivity index (χ4n) is 3.78. The van der Waals surface area contributed by atoms with Gasteiger partial charge in [-0.2, -0.15) is 0 Å². The molecule has 0 aromatic heterocycles. The molecule has 1 aliphatic heterocycles. The molecule has 1 saturated heterocycles. The number of likely N-dealkylation sites (tertiary alicyclic amines) is 1. The average molecular weight is 362 g/mol. The normalized spacial score (nSPS) is 20.6. The molecule has 2 aliphatic rings. The zero-order valence-corrected chi connectivity index (χ0v) is 15.1. The number of benzene rings is 1. The van der Waals surface area contributed by atoms with E-state index in [9.17, 15) is 14.0 Å². The van der Waals surface area contributed by atoms with Gasteiger partial charge in [-0.05, 0) is 49.9 Å². The van der Waals surface area contributed by atoms with Gasteiger partial charge in [0, 0.05) is 25.6 Å². The van der Waals surface area contributed by atoms with E-state index in [4.69, 9.17) is 4.74 Å². The molecule has 1 heterocycles. The first-order chi connectivity index (χ1) is 12.6. The lowest BCUT2D eigenvalue weighted by atomic mass is 10.1. The number of carbonyl (C=O) groups is 2. The molecule has 3 rings (SSSR count). The van der Waals surface area contributed by atoms with Gasteiger partial charge in [-0.15, -0.1) is 0 Å². The molecule has 26 heavy (non-hydrogen) atoms. The topological polar surface area (TPSA) is 58.6 Å². The first kappa shape index (κ1) is 18.7. The molecule has 2 fully saturated rings. The maximum absolute atomic E-state index is 12.8. The molecule has 0 spiro atoms. The summed E-state index contributed by atoms with van der Waals surface area (Å²) in [6.45, 7) is 1.68. The maximum Gasteiger partial charge on any atom is 0.225 e. The van der Waals surface area contributed by atoms with Crippen LogP contribution in [0.15, 0.2) is 24.3 Å². The zero-order chi connectivity index (χ0) is 18.4. The highest BCUT2D eigenvalue weighted by molar-refractivity contribution is 5.89. The number of halogens is 1. The summed E-state index contributed by atoms with van der Waals surface area (Å²) in [5, 5.41) is 2.94. The quantitative estimate of drug-likeness (QED) is 0.724. The van der Waals surface area contributed by atoms with Crippen LogP contribution in [0.1, 0.15) is 44.9 Å². The summed E-state index contributed by atoms with van der Waals surface area (Å²) in [6.07, 6.45) is 6.48. The van der Waals surface area contributed by atoms with Gasteiger partial charge in [0.05, 0.1) is 12.5 Å². The Hall–Kier alpha value is -2.11. The van der Waals surface area contributed by atoms with Gasteiger partial charge in [-0.3, -0.25) is 9.59 Å². The Labute approximate surface area is 153 Å². The minimum absolute atomic E-state index is 0.0155. The molecular weight excluding hydrogens is 335 g/mol. The SMILES string of the molecule is O=C(NCCCCOc1ccc(F)cc1)C1CC(=O)N(C2CCCC2)C1. The standard InChI is InChI=1S/C20H27FN2O3/c21-16-7-9-18(10-8-16)26-12-4-3-11-22-20(25)15-13-19(24)23(14-15)17-5-1-2-6-17/h7-10,15,17H,1-6,11-14H2,(H,22,25). The highest BCUT2D eigenvalue weighted by Crippen LogP contribution is 2.29. The van der Waals surface area contributed by atoms with Gasteiger partial charge in [-0.25, -0.2) is 4.39 Å². The van der Waals surface area contributed by atoms with Gasteiger partial charge in [0.2, 0.25) is 11.8 Å². The van der Waals surface area contributed by atoms with Gasteiger partial charge in [0.1, 0.15) is 11.6 Å². The molecule has 1 atom stereocenters. The third-order valence-corrected chi connectivity index (χ3v) is 5.25. The molecule has 1 unspecified atom stereocenters. The molecule has 2 amide bonds. The number of unbranched alkanes of at least 4 members (excludes halogenated alkanes) is 1. The number of hydrogen-bond acceptors (Lipinski definition) is 3. The Morgan fingerprint density at radius 3 is 2.65 bits per heavy atom. The van der Waals surface area contributed by atoms with Crippen LogP contribution in [-0.4, -0.2) is 42.5 Å². The Balaban J connectivity index is 1.29. The highest BCUT2D eigenvalue weighted by Gasteiger charge is 2.38. The van der Waals surface area contributed by atoms with Crippen molar-refractivity contribution in [2.45, 2.75) is 51.0 Å². The molecule has 6 heteroatoms. The summed E-state index contributed by atoms with van der Waals surface area (Å²) < 4.78 is 18.3. The number of nitrogens with one attached hydrogen (secondary N) is 1. The van der Waals surface area contributed by atoms with Gasteiger partial charge in [-0.1, -0.05) is 12.8 Å². The van der Waals surface area contributed by atoms with E-state index in [1.165, 1.54) is 25.0 Å². The minimum atomic E-state index is -0.281. The molecule has 1 saturated carbocycles. The van der Waals surface area contributed by atoms with Crippen LogP contribution >= 0.6 is 0 Å². The molecule has 1 N–H and O–H groups in total. The third kappa shape index (κ3) is 4.96. The van der Waals surface area contributed by atoms with E-state index >= 15 is 0 Å². The van der Waals surface area contributed by atoms with E-state index in [0.717, 1.165) is 25.7 Å². The number of hydrogen-bond donors (Lipinski definition) is 1. The van der Waals surface area contributed by atoms with Crippen LogP contribution in [-0.2, 0) is 9.59 Å². The Kier molecular flexibility index (Phi) is 6.47. The van der Waals surface area contributed by atoms with Crippen LogP contribution in [0, 0.1) is 11.7 Å². The lowest BCUT2D eigenvalue weighted by molar-refractivity contribution is -0.130. The van der Waals surface area contributed by atoms with Gasteiger partial charge in [0.15, 0.2) is 0 Å². The van der Waals surface area contributed by atoms with Crippen molar-refractivity contribution in [3.63, 3.8) is 0 Å². The zero-order valence-electron chi connectivity index (χ0n) is 15.1. The van der Waals surface area contributed by atoms with E-state index < -0.39 is 0 Å². The van der Waals surface area contributed by atoms with Crippen molar-refractivity contribution in [3.8, 4) is 5.75 Å². The molecule has 142 valence electrons. The number of nitrogens with zero attached hydrogens (tertiary/aromatic N) is 1. The molecular formula is C20H27FN2O3. The molecule has 0 bridgehead atoms. The van der Waals surface area contributed by atoms with Crippen LogP contribution in [0.3, 0.4) is 0 Å². The first-order valence-corrected chi connectivity index (χ1v) is 9.59. The Bertz CT molecular complexity index is 614. The largest absolute Gasteiger partial charge is 0.494 e. The Morgan fingerprint density at radius 2 is 1.92 bits per heavy atom. The first-order valence-electron chi connectivity index (χ1n) is 9.59. The second kappa shape index (κ2) is 9.01. The lowest BCUT2D eigenvalue weighted by Gasteiger charge is -2.23. The number of ether oxygens (including phenoxy) is 1. The van der Waals surface area contributed by atoms with Gasteiger partial charge < -0.3 is 15.0 Å². The van der Waals surface area contributed by atoms with Crippen LogP contribution in [0.4, 0.5) is 4.39 Å². The summed E-state index contributed by atoms with van der Waals surface area (Å²) in [6, 6.07) is 6.29. The number of rotatable bonds is 8. The van der Waals surface area contributed by atoms with Crippen molar-refractivity contribution in [2.75, 3.05) is 19.7 Å². The maximum atomic E-state index is 12.8. The summed E-state index contributed by atoms with van der Waals surface area (Å²) >= 11 is 0. The fraction of sp³-hybridized carbons (Fsp3) is 0.600. The van der Waals surface area contributed by atoms with Gasteiger partial charge in [0.25, 0.3) is 0 Å². The second-order valence-electron chi connectivity index (χ2n) is 7.19. The van der Waals surface area contributed by atoms with Crippen LogP contribution < -0.4 is 10.1 Å². The van der Waals surface area contributed by atoms with Gasteiger partial charge >= 0.3 is 0 Å². The van der Waals surface area contributed by atoms with Crippen molar-refractivity contribution in [1.29, 1.82) is 0 Å². The minimum Gasteiger partial charge on any atom is -0.494 e. The molecule has 1 aromatic rings. The van der Waals surface area contributed by atoms with E-state index in [1.54, 1.807) is 12.1 Å². The average Bonchev–Trinajstić information content (AvgIpc) is 3.28. The van der Waals surface area contributed by atoms with Crippen LogP contribution in [0.2, 0.25) is 0 Å². The Morgan fingerprint density at radius 1 is 1.19 bits per heavy atom. The fourth-order valence-corrected chi connectivity index (χ4v) is 3.78. The predicted molar refractivity (Wildman–Crippen MR) is 96.2 cm³/mol. The summed E-state index contributed by atoms with van der Waals surface area (Å²) in [4.78, 5) is 26.4. The van der Waals surface area contributed by atoms with Crippen molar-refractivity contribution in [1.82, 2.24) is 10.2 Å². The van der Waals surface area contributed by atoms with E-state index in [2.05, 4.69) is 5.32 Å². The molecule has 0 radical (unpaired) electrons. The summed E-state index contributed by atoms with van der Waals surface area (Å²) in [7, 11) is 0. The third-order valence-electron chi connectivity index (χ3n) is 5.25. The van der Waals surface area contributed by atoms with E-state index in [1.807, 2.05) is 4.90 Å². The molecule has 5 nitrogen and oxygen atoms in total.